The van der Waals surface area contributed by atoms with Crippen LogP contribution in [0.25, 0.3) is 11.4 Å². The molecule has 4 rings (SSSR count). The van der Waals surface area contributed by atoms with E-state index in [-0.39, 0.29) is 11.2 Å². The molecule has 2 N–H and O–H groups in total. The first-order valence-corrected chi connectivity index (χ1v) is 9.69. The smallest absolute Gasteiger partial charge is 0.238 e. The standard InChI is InChI=1S/C20H20N4O2S/c1-26-16-11-7-14(8-12-16)18-22-20(24-23-18)27-17(13-5-3-2-4-6-13)19(25)21-15-9-10-15/h2-8,11-12,15,17H,9-10H2,1H3,(H,21,25)(H,22,23,24)/t17-/m0/s1. The van der Waals surface area contributed by atoms with Crippen molar-refractivity contribution >= 4 is 17.7 Å². The molecule has 3 aromatic rings. The highest BCUT2D eigenvalue weighted by Crippen LogP contribution is 2.35. The number of hydrogen-bond donors (Lipinski definition) is 2. The number of rotatable bonds is 7. The van der Waals surface area contributed by atoms with Crippen molar-refractivity contribution in [2.24, 2.45) is 0 Å². The van der Waals surface area contributed by atoms with Gasteiger partial charge in [-0.15, -0.1) is 5.10 Å². The maximum Gasteiger partial charge on any atom is 0.238 e. The fraction of sp³-hybridized carbons (Fsp3) is 0.250. The number of thioether (sulfide) groups is 1. The van der Waals surface area contributed by atoms with Gasteiger partial charge in [0, 0.05) is 11.6 Å². The van der Waals surface area contributed by atoms with Gasteiger partial charge in [-0.3, -0.25) is 9.89 Å². The Bertz CT molecular complexity index is 907. The summed E-state index contributed by atoms with van der Waals surface area (Å²) >= 11 is 1.35. The van der Waals surface area contributed by atoms with E-state index in [9.17, 15) is 4.79 Å². The number of hydrogen-bond acceptors (Lipinski definition) is 5. The average molecular weight is 380 g/mol. The molecule has 0 spiro atoms. The summed E-state index contributed by atoms with van der Waals surface area (Å²) in [6.45, 7) is 0. The first kappa shape index (κ1) is 17.6. The Hall–Kier alpha value is -2.80. The van der Waals surface area contributed by atoms with Gasteiger partial charge in [0.15, 0.2) is 5.82 Å². The minimum atomic E-state index is -0.383. The summed E-state index contributed by atoms with van der Waals surface area (Å²) in [6, 6.07) is 17.6. The molecule has 1 aromatic heterocycles. The lowest BCUT2D eigenvalue weighted by molar-refractivity contribution is -0.120. The van der Waals surface area contributed by atoms with E-state index in [2.05, 4.69) is 20.5 Å². The molecular weight excluding hydrogens is 360 g/mol. The molecule has 7 heteroatoms. The van der Waals surface area contributed by atoms with Crippen LogP contribution >= 0.6 is 11.8 Å². The van der Waals surface area contributed by atoms with Crippen molar-refractivity contribution in [3.8, 4) is 17.1 Å². The minimum Gasteiger partial charge on any atom is -0.497 e. The van der Waals surface area contributed by atoms with E-state index in [0.29, 0.717) is 17.0 Å². The molecule has 0 aliphatic heterocycles. The van der Waals surface area contributed by atoms with Gasteiger partial charge in [-0.05, 0) is 42.7 Å². The Morgan fingerprint density at radius 3 is 2.59 bits per heavy atom. The Morgan fingerprint density at radius 2 is 1.93 bits per heavy atom. The molecule has 27 heavy (non-hydrogen) atoms. The number of benzene rings is 2. The zero-order valence-electron chi connectivity index (χ0n) is 14.9. The fourth-order valence-corrected chi connectivity index (χ4v) is 3.61. The van der Waals surface area contributed by atoms with Gasteiger partial charge in [-0.1, -0.05) is 42.1 Å². The number of nitrogens with one attached hydrogen (secondary N) is 2. The van der Waals surface area contributed by atoms with E-state index in [1.54, 1.807) is 7.11 Å². The maximum atomic E-state index is 12.7. The van der Waals surface area contributed by atoms with Gasteiger partial charge in [0.2, 0.25) is 11.1 Å². The molecule has 0 unspecified atom stereocenters. The summed E-state index contributed by atoms with van der Waals surface area (Å²) in [5, 5.41) is 10.5. The second-order valence-electron chi connectivity index (χ2n) is 6.39. The largest absolute Gasteiger partial charge is 0.497 e. The van der Waals surface area contributed by atoms with Crippen LogP contribution in [0.2, 0.25) is 0 Å². The van der Waals surface area contributed by atoms with E-state index < -0.39 is 0 Å². The van der Waals surface area contributed by atoms with Crippen molar-refractivity contribution in [1.82, 2.24) is 20.5 Å². The summed E-state index contributed by atoms with van der Waals surface area (Å²) in [7, 11) is 1.63. The zero-order chi connectivity index (χ0) is 18.6. The molecular formula is C20H20N4O2S. The molecule has 1 aliphatic carbocycles. The Morgan fingerprint density at radius 1 is 1.19 bits per heavy atom. The molecule has 1 heterocycles. The van der Waals surface area contributed by atoms with Gasteiger partial charge in [-0.2, -0.15) is 0 Å². The van der Waals surface area contributed by atoms with Crippen molar-refractivity contribution in [2.75, 3.05) is 7.11 Å². The first-order valence-electron chi connectivity index (χ1n) is 8.82. The summed E-state index contributed by atoms with van der Waals surface area (Å²) < 4.78 is 5.18. The number of H-pyrrole nitrogens is 1. The number of aromatic amines is 1. The van der Waals surface area contributed by atoms with Crippen molar-refractivity contribution in [3.63, 3.8) is 0 Å². The third kappa shape index (κ3) is 4.31. The lowest BCUT2D eigenvalue weighted by Crippen LogP contribution is -2.29. The van der Waals surface area contributed by atoms with Gasteiger partial charge in [-0.25, -0.2) is 4.98 Å². The molecule has 1 saturated carbocycles. The molecule has 138 valence electrons. The van der Waals surface area contributed by atoms with Crippen LogP contribution in [0.5, 0.6) is 5.75 Å². The van der Waals surface area contributed by atoms with Crippen LogP contribution in [-0.4, -0.2) is 34.2 Å². The van der Waals surface area contributed by atoms with Crippen molar-refractivity contribution in [1.29, 1.82) is 0 Å². The number of ether oxygens (including phenoxy) is 1. The first-order chi connectivity index (χ1) is 13.2. The van der Waals surface area contributed by atoms with Crippen molar-refractivity contribution < 1.29 is 9.53 Å². The van der Waals surface area contributed by atoms with Crippen molar-refractivity contribution in [2.45, 2.75) is 29.3 Å². The van der Waals surface area contributed by atoms with Crippen molar-refractivity contribution in [3.05, 3.63) is 60.2 Å². The van der Waals surface area contributed by atoms with E-state index in [1.165, 1.54) is 11.8 Å². The van der Waals surface area contributed by atoms with Gasteiger partial charge < -0.3 is 10.1 Å². The quantitative estimate of drug-likeness (QED) is 0.612. The molecule has 1 atom stereocenters. The topological polar surface area (TPSA) is 79.9 Å². The molecule has 1 amide bonds. The molecule has 2 aromatic carbocycles. The average Bonchev–Trinajstić information content (AvgIpc) is 3.40. The molecule has 0 radical (unpaired) electrons. The van der Waals surface area contributed by atoms with Gasteiger partial charge in [0.25, 0.3) is 0 Å². The Balaban J connectivity index is 1.54. The van der Waals surface area contributed by atoms with E-state index in [4.69, 9.17) is 4.74 Å². The molecule has 6 nitrogen and oxygen atoms in total. The van der Waals surface area contributed by atoms with Crippen LogP contribution in [0.4, 0.5) is 0 Å². The summed E-state index contributed by atoms with van der Waals surface area (Å²) in [4.78, 5) is 17.3. The van der Waals surface area contributed by atoms with Crippen LogP contribution in [0.3, 0.4) is 0 Å². The lowest BCUT2D eigenvalue weighted by Gasteiger charge is -2.15. The highest BCUT2D eigenvalue weighted by Gasteiger charge is 2.30. The van der Waals surface area contributed by atoms with Crippen LogP contribution in [-0.2, 0) is 4.79 Å². The molecule has 0 bridgehead atoms. The Kier molecular flexibility index (Phi) is 5.11. The van der Waals surface area contributed by atoms with E-state index in [0.717, 1.165) is 29.7 Å². The van der Waals surface area contributed by atoms with E-state index >= 15 is 0 Å². The van der Waals surface area contributed by atoms with Crippen LogP contribution in [0, 0.1) is 0 Å². The second kappa shape index (κ2) is 7.84. The summed E-state index contributed by atoms with van der Waals surface area (Å²) in [5.74, 6) is 1.45. The monoisotopic (exact) mass is 380 g/mol. The predicted molar refractivity (Wildman–Crippen MR) is 105 cm³/mol. The van der Waals surface area contributed by atoms with Crippen LogP contribution < -0.4 is 10.1 Å². The number of aromatic nitrogens is 3. The normalized spacial score (nSPS) is 14.6. The molecule has 1 fully saturated rings. The van der Waals surface area contributed by atoms with Crippen LogP contribution in [0.15, 0.2) is 59.8 Å². The Labute approximate surface area is 161 Å². The fourth-order valence-electron chi connectivity index (χ4n) is 2.69. The highest BCUT2D eigenvalue weighted by molar-refractivity contribution is 8.00. The highest BCUT2D eigenvalue weighted by atomic mass is 32.2. The second-order valence-corrected chi connectivity index (χ2v) is 7.46. The minimum absolute atomic E-state index is 0.00416. The number of carbonyl (C=O) groups is 1. The number of methoxy groups -OCH3 is 1. The van der Waals surface area contributed by atoms with Crippen LogP contribution in [0.1, 0.15) is 23.7 Å². The zero-order valence-corrected chi connectivity index (χ0v) is 15.7. The van der Waals surface area contributed by atoms with E-state index in [1.807, 2.05) is 54.6 Å². The third-order valence-corrected chi connectivity index (χ3v) is 5.43. The summed E-state index contributed by atoms with van der Waals surface area (Å²) in [6.07, 6.45) is 2.11. The maximum absolute atomic E-state index is 12.7. The third-order valence-electron chi connectivity index (χ3n) is 4.32. The lowest BCUT2D eigenvalue weighted by atomic mass is 10.1. The number of carbonyl (C=O) groups excluding carboxylic acids is 1. The molecule has 0 saturated heterocycles. The number of nitrogens with zero attached hydrogens (tertiary/aromatic N) is 2. The van der Waals surface area contributed by atoms with Gasteiger partial charge in [0.05, 0.1) is 7.11 Å². The molecule has 1 aliphatic rings. The number of amides is 1. The summed E-state index contributed by atoms with van der Waals surface area (Å²) in [5.41, 5.74) is 1.85. The SMILES string of the molecule is COc1ccc(-c2nc(S[C@H](C(=O)NC3CC3)c3ccccc3)n[nH]2)cc1. The predicted octanol–water partition coefficient (Wildman–Crippen LogP) is 3.59. The van der Waals surface area contributed by atoms with Gasteiger partial charge in [0.1, 0.15) is 11.0 Å². The van der Waals surface area contributed by atoms with Gasteiger partial charge >= 0.3 is 0 Å².